The van der Waals surface area contributed by atoms with E-state index < -0.39 is 0 Å². The monoisotopic (exact) mass is 443 g/mol. The van der Waals surface area contributed by atoms with Gasteiger partial charge in [-0.15, -0.1) is 11.6 Å². The molecular weight excluding hydrogens is 431 g/mol. The number of halogens is 4. The van der Waals surface area contributed by atoms with Crippen molar-refractivity contribution in [2.24, 2.45) is 0 Å². The molecule has 0 spiro atoms. The van der Waals surface area contributed by atoms with Gasteiger partial charge < -0.3 is 4.74 Å². The van der Waals surface area contributed by atoms with Gasteiger partial charge in [-0.1, -0.05) is 23.2 Å². The van der Waals surface area contributed by atoms with Crippen LogP contribution in [0.15, 0.2) is 18.2 Å². The van der Waals surface area contributed by atoms with E-state index in [9.17, 15) is 0 Å². The highest BCUT2D eigenvalue weighted by Crippen LogP contribution is 2.35. The Kier molecular flexibility index (Phi) is 6.46. The van der Waals surface area contributed by atoms with Crippen molar-refractivity contribution in [3.8, 4) is 5.75 Å². The van der Waals surface area contributed by atoms with Crippen molar-refractivity contribution in [3.63, 3.8) is 0 Å². The van der Waals surface area contributed by atoms with E-state index in [1.54, 1.807) is 6.07 Å². The Bertz CT molecular complexity index is 606. The Morgan fingerprint density at radius 1 is 1.15 bits per heavy atom. The highest BCUT2D eigenvalue weighted by atomic mass is 127. The summed E-state index contributed by atoms with van der Waals surface area (Å²) in [5, 5.41) is 1.94. The number of hydrogen-bond donors (Lipinski definition) is 0. The number of hydrogen-bond acceptors (Lipinski definition) is 2. The van der Waals surface area contributed by atoms with Crippen LogP contribution in [0.2, 0.25) is 10.2 Å². The summed E-state index contributed by atoms with van der Waals surface area (Å²) in [5.74, 6) is 1.44. The Morgan fingerprint density at radius 3 is 2.70 bits per heavy atom. The molecule has 0 aliphatic rings. The number of nitrogens with zero attached hydrogens (tertiary/aromatic N) is 1. The third-order valence-corrected chi connectivity index (χ3v) is 4.42. The molecule has 0 unspecified atom stereocenters. The van der Waals surface area contributed by atoms with E-state index in [0.29, 0.717) is 28.2 Å². The van der Waals surface area contributed by atoms with Crippen LogP contribution in [-0.4, -0.2) is 17.5 Å². The van der Waals surface area contributed by atoms with E-state index in [4.69, 9.17) is 39.5 Å². The highest BCUT2D eigenvalue weighted by Gasteiger charge is 2.13. The number of aromatic nitrogens is 1. The number of benzene rings is 1. The first-order valence-electron chi connectivity index (χ1n) is 6.26. The highest BCUT2D eigenvalue weighted by molar-refractivity contribution is 14.1. The first-order chi connectivity index (χ1) is 9.63. The molecule has 1 aromatic heterocycles. The van der Waals surface area contributed by atoms with Gasteiger partial charge in [0.1, 0.15) is 10.7 Å². The molecule has 0 atom stereocenters. The summed E-state index contributed by atoms with van der Waals surface area (Å²) >= 11 is 20.1. The fraction of sp³-hybridized carbons (Fsp3) is 0.357. The van der Waals surface area contributed by atoms with Crippen LogP contribution < -0.4 is 4.74 Å². The second-order valence-corrected chi connectivity index (χ2v) is 6.63. The lowest BCUT2D eigenvalue weighted by Gasteiger charge is -2.12. The Balaban J connectivity index is 2.25. The fourth-order valence-electron chi connectivity index (χ4n) is 1.85. The van der Waals surface area contributed by atoms with E-state index in [2.05, 4.69) is 27.6 Å². The predicted molar refractivity (Wildman–Crippen MR) is 94.5 cm³/mol. The number of ether oxygens (including phenoxy) is 1. The summed E-state index contributed by atoms with van der Waals surface area (Å²) < 4.78 is 6.81. The molecular formula is C14H13Cl3INO. The van der Waals surface area contributed by atoms with E-state index in [1.807, 2.05) is 12.1 Å². The molecule has 0 saturated carbocycles. The summed E-state index contributed by atoms with van der Waals surface area (Å²) in [6.07, 6.45) is 3.03. The molecule has 108 valence electrons. The molecule has 0 aliphatic heterocycles. The molecule has 6 heteroatoms. The van der Waals surface area contributed by atoms with Crippen LogP contribution in [0.25, 0.3) is 10.9 Å². The maximum absolute atomic E-state index is 6.23. The third-order valence-electron chi connectivity index (χ3n) is 2.83. The normalized spacial score (nSPS) is 11.0. The van der Waals surface area contributed by atoms with E-state index in [1.165, 1.54) is 0 Å². The molecule has 0 amide bonds. The van der Waals surface area contributed by atoms with Crippen molar-refractivity contribution in [1.82, 2.24) is 4.98 Å². The number of fused-ring (bicyclic) bond motifs is 1. The number of alkyl halides is 1. The zero-order valence-electron chi connectivity index (χ0n) is 10.6. The van der Waals surface area contributed by atoms with Gasteiger partial charge >= 0.3 is 0 Å². The van der Waals surface area contributed by atoms with Crippen molar-refractivity contribution < 1.29 is 4.74 Å². The summed E-state index contributed by atoms with van der Waals surface area (Å²) in [6.45, 7) is 0.637. The lowest BCUT2D eigenvalue weighted by Crippen LogP contribution is -2.01. The molecule has 20 heavy (non-hydrogen) atoms. The summed E-state index contributed by atoms with van der Waals surface area (Å²) in [4.78, 5) is 4.34. The standard InChI is InChI=1S/C14H13Cl3INO/c15-6-2-1-3-7-20-14-11(18)8-10(16)9-4-5-12(17)19-13(9)14/h4-5,8H,1-3,6-7H2. The maximum Gasteiger partial charge on any atom is 0.158 e. The second-order valence-electron chi connectivity index (χ2n) is 4.30. The zero-order chi connectivity index (χ0) is 14.5. The van der Waals surface area contributed by atoms with Gasteiger partial charge in [-0.3, -0.25) is 0 Å². The molecule has 0 radical (unpaired) electrons. The predicted octanol–water partition coefficient (Wildman–Crippen LogP) is 5.93. The quantitative estimate of drug-likeness (QED) is 0.238. The van der Waals surface area contributed by atoms with Gasteiger partial charge in [0.2, 0.25) is 0 Å². The van der Waals surface area contributed by atoms with E-state index >= 15 is 0 Å². The summed E-state index contributed by atoms with van der Waals surface area (Å²) in [6, 6.07) is 5.48. The van der Waals surface area contributed by atoms with Crippen LogP contribution >= 0.6 is 57.4 Å². The van der Waals surface area contributed by atoms with Gasteiger partial charge in [-0.25, -0.2) is 4.98 Å². The van der Waals surface area contributed by atoms with Crippen molar-refractivity contribution in [1.29, 1.82) is 0 Å². The van der Waals surface area contributed by atoms with Crippen LogP contribution in [0.3, 0.4) is 0 Å². The average molecular weight is 445 g/mol. The topological polar surface area (TPSA) is 22.1 Å². The smallest absolute Gasteiger partial charge is 0.158 e. The van der Waals surface area contributed by atoms with Crippen LogP contribution in [-0.2, 0) is 0 Å². The molecule has 0 aliphatic carbocycles. The third kappa shape index (κ3) is 4.03. The molecule has 0 bridgehead atoms. The SMILES string of the molecule is ClCCCCCOc1c(I)cc(Cl)c2ccc(Cl)nc12. The Labute approximate surface area is 146 Å². The zero-order valence-corrected chi connectivity index (χ0v) is 15.1. The van der Waals surface area contributed by atoms with Crippen molar-refractivity contribution in [2.75, 3.05) is 12.5 Å². The van der Waals surface area contributed by atoms with Gasteiger partial charge in [0.05, 0.1) is 15.2 Å². The minimum absolute atomic E-state index is 0.433. The second kappa shape index (κ2) is 7.87. The van der Waals surface area contributed by atoms with Gasteiger partial charge in [-0.2, -0.15) is 0 Å². The van der Waals surface area contributed by atoms with E-state index in [0.717, 1.165) is 34.0 Å². The molecule has 1 aromatic carbocycles. The Morgan fingerprint density at radius 2 is 1.95 bits per heavy atom. The molecule has 2 aromatic rings. The first-order valence-corrected chi connectivity index (χ1v) is 8.63. The number of pyridine rings is 1. The van der Waals surface area contributed by atoms with Crippen molar-refractivity contribution >= 4 is 68.3 Å². The maximum atomic E-state index is 6.23. The van der Waals surface area contributed by atoms with Crippen LogP contribution in [0, 0.1) is 3.57 Å². The molecule has 1 heterocycles. The molecule has 0 fully saturated rings. The van der Waals surface area contributed by atoms with Crippen LogP contribution in [0.4, 0.5) is 0 Å². The number of rotatable bonds is 6. The molecule has 2 nitrogen and oxygen atoms in total. The van der Waals surface area contributed by atoms with Gasteiger partial charge in [0, 0.05) is 11.3 Å². The minimum atomic E-state index is 0.433. The lowest BCUT2D eigenvalue weighted by molar-refractivity contribution is 0.307. The summed E-state index contributed by atoms with van der Waals surface area (Å²) in [7, 11) is 0. The lowest BCUT2D eigenvalue weighted by atomic mass is 10.2. The average Bonchev–Trinajstić information content (AvgIpc) is 2.41. The largest absolute Gasteiger partial charge is 0.490 e. The van der Waals surface area contributed by atoms with Crippen LogP contribution in [0.1, 0.15) is 19.3 Å². The van der Waals surface area contributed by atoms with Crippen LogP contribution in [0.5, 0.6) is 5.75 Å². The van der Waals surface area contributed by atoms with Crippen molar-refractivity contribution in [2.45, 2.75) is 19.3 Å². The molecule has 0 saturated heterocycles. The van der Waals surface area contributed by atoms with Gasteiger partial charge in [0.25, 0.3) is 0 Å². The first kappa shape index (κ1) is 16.4. The number of unbranched alkanes of at least 4 members (excludes halogenated alkanes) is 2. The molecule has 2 rings (SSSR count). The summed E-state index contributed by atoms with van der Waals surface area (Å²) in [5.41, 5.74) is 0.715. The van der Waals surface area contributed by atoms with Crippen molar-refractivity contribution in [3.05, 3.63) is 31.9 Å². The fourth-order valence-corrected chi connectivity index (χ4v) is 3.36. The minimum Gasteiger partial charge on any atom is -0.490 e. The Hall–Kier alpha value is 0.0300. The van der Waals surface area contributed by atoms with Gasteiger partial charge in [0.15, 0.2) is 5.75 Å². The van der Waals surface area contributed by atoms with E-state index in [-0.39, 0.29) is 0 Å². The van der Waals surface area contributed by atoms with Gasteiger partial charge in [-0.05, 0) is 60.1 Å². The molecule has 0 N–H and O–H groups in total.